The summed E-state index contributed by atoms with van der Waals surface area (Å²) < 4.78 is 0.911. The Morgan fingerprint density at radius 3 is 2.82 bits per heavy atom. The lowest BCUT2D eigenvalue weighted by atomic mass is 10.2. The summed E-state index contributed by atoms with van der Waals surface area (Å²) in [6.07, 6.45) is 7.57. The molecule has 1 aliphatic carbocycles. The predicted octanol–water partition coefficient (Wildman–Crippen LogP) is 2.98. The maximum Gasteiger partial charge on any atom is 0.146 e. The van der Waals surface area contributed by atoms with Crippen LogP contribution in [0.3, 0.4) is 0 Å². The van der Waals surface area contributed by atoms with Gasteiger partial charge in [0.2, 0.25) is 0 Å². The highest BCUT2D eigenvalue weighted by Crippen LogP contribution is 2.33. The SMILES string of the molecule is CNc1ncnc(NC2CCCC2SC)c1Br. The van der Waals surface area contributed by atoms with E-state index in [-0.39, 0.29) is 0 Å². The molecule has 0 aliphatic heterocycles. The average Bonchev–Trinajstić information content (AvgIpc) is 2.79. The lowest BCUT2D eigenvalue weighted by Gasteiger charge is -2.20. The molecule has 6 heteroatoms. The van der Waals surface area contributed by atoms with Gasteiger partial charge in [-0.3, -0.25) is 0 Å². The van der Waals surface area contributed by atoms with Crippen LogP contribution in [0.25, 0.3) is 0 Å². The van der Waals surface area contributed by atoms with Gasteiger partial charge in [-0.1, -0.05) is 6.42 Å². The molecule has 1 saturated carbocycles. The highest BCUT2D eigenvalue weighted by Gasteiger charge is 2.27. The molecule has 2 unspecified atom stereocenters. The second kappa shape index (κ2) is 5.91. The Hall–Kier alpha value is -0.490. The minimum atomic E-state index is 0.515. The maximum atomic E-state index is 4.30. The Balaban J connectivity index is 2.13. The zero-order valence-electron chi connectivity index (χ0n) is 10.0. The predicted molar refractivity (Wildman–Crippen MR) is 77.8 cm³/mol. The van der Waals surface area contributed by atoms with E-state index in [0.717, 1.165) is 16.1 Å². The molecule has 0 saturated heterocycles. The lowest BCUT2D eigenvalue weighted by Crippen LogP contribution is -2.26. The van der Waals surface area contributed by atoms with Gasteiger partial charge >= 0.3 is 0 Å². The smallest absolute Gasteiger partial charge is 0.146 e. The fourth-order valence-corrected chi connectivity index (χ4v) is 3.65. The molecular formula is C11H17BrN4S. The third kappa shape index (κ3) is 2.85. The summed E-state index contributed by atoms with van der Waals surface area (Å²) in [7, 11) is 1.86. The van der Waals surface area contributed by atoms with Crippen LogP contribution in [0, 0.1) is 0 Å². The zero-order chi connectivity index (χ0) is 12.3. The van der Waals surface area contributed by atoms with Gasteiger partial charge in [-0.05, 0) is 35.0 Å². The van der Waals surface area contributed by atoms with Gasteiger partial charge in [-0.15, -0.1) is 0 Å². The van der Waals surface area contributed by atoms with Crippen molar-refractivity contribution in [3.8, 4) is 0 Å². The molecule has 0 amide bonds. The third-order valence-electron chi connectivity index (χ3n) is 3.10. The summed E-state index contributed by atoms with van der Waals surface area (Å²) in [5, 5.41) is 7.26. The molecule has 94 valence electrons. The van der Waals surface area contributed by atoms with Crippen molar-refractivity contribution in [3.63, 3.8) is 0 Å². The summed E-state index contributed by atoms with van der Waals surface area (Å²) in [6, 6.07) is 0.515. The molecule has 2 rings (SSSR count). The van der Waals surface area contributed by atoms with E-state index in [2.05, 4.69) is 42.8 Å². The van der Waals surface area contributed by atoms with Crippen molar-refractivity contribution >= 4 is 39.3 Å². The summed E-state index contributed by atoms with van der Waals surface area (Å²) in [5.74, 6) is 1.71. The van der Waals surface area contributed by atoms with E-state index in [4.69, 9.17) is 0 Å². The van der Waals surface area contributed by atoms with Gasteiger partial charge in [0.15, 0.2) is 0 Å². The molecule has 0 aromatic carbocycles. The van der Waals surface area contributed by atoms with Crippen LogP contribution in [0.2, 0.25) is 0 Å². The number of nitrogens with zero attached hydrogens (tertiary/aromatic N) is 2. The Labute approximate surface area is 115 Å². The monoisotopic (exact) mass is 316 g/mol. The van der Waals surface area contributed by atoms with Crippen molar-refractivity contribution in [3.05, 3.63) is 10.8 Å². The van der Waals surface area contributed by atoms with Gasteiger partial charge in [0.1, 0.15) is 22.4 Å². The number of nitrogens with one attached hydrogen (secondary N) is 2. The number of halogens is 1. The van der Waals surface area contributed by atoms with Gasteiger partial charge in [-0.25, -0.2) is 9.97 Å². The average molecular weight is 317 g/mol. The van der Waals surface area contributed by atoms with Crippen LogP contribution >= 0.6 is 27.7 Å². The Kier molecular flexibility index (Phi) is 4.50. The Morgan fingerprint density at radius 1 is 1.35 bits per heavy atom. The summed E-state index contributed by atoms with van der Waals surface area (Å²) >= 11 is 5.47. The topological polar surface area (TPSA) is 49.8 Å². The van der Waals surface area contributed by atoms with Crippen LogP contribution in [0.15, 0.2) is 10.8 Å². The molecule has 1 aliphatic rings. The quantitative estimate of drug-likeness (QED) is 0.894. The fourth-order valence-electron chi connectivity index (χ4n) is 2.19. The van der Waals surface area contributed by atoms with Crippen molar-refractivity contribution in [2.75, 3.05) is 23.9 Å². The zero-order valence-corrected chi connectivity index (χ0v) is 12.4. The molecule has 4 nitrogen and oxygen atoms in total. The van der Waals surface area contributed by atoms with Crippen LogP contribution in [0.4, 0.5) is 11.6 Å². The molecule has 0 spiro atoms. The number of anilines is 2. The van der Waals surface area contributed by atoms with E-state index < -0.39 is 0 Å². The minimum Gasteiger partial charge on any atom is -0.372 e. The minimum absolute atomic E-state index is 0.515. The van der Waals surface area contributed by atoms with Crippen LogP contribution in [0.1, 0.15) is 19.3 Å². The van der Waals surface area contributed by atoms with E-state index in [9.17, 15) is 0 Å². The Morgan fingerprint density at radius 2 is 2.12 bits per heavy atom. The first-order valence-electron chi connectivity index (χ1n) is 5.74. The van der Waals surface area contributed by atoms with E-state index in [1.807, 2.05) is 18.8 Å². The summed E-state index contributed by atoms with van der Waals surface area (Å²) in [4.78, 5) is 8.46. The van der Waals surface area contributed by atoms with Crippen molar-refractivity contribution in [1.82, 2.24) is 9.97 Å². The van der Waals surface area contributed by atoms with Crippen molar-refractivity contribution in [1.29, 1.82) is 0 Å². The van der Waals surface area contributed by atoms with E-state index in [1.165, 1.54) is 19.3 Å². The number of hydrogen-bond acceptors (Lipinski definition) is 5. The molecular weight excluding hydrogens is 300 g/mol. The first-order chi connectivity index (χ1) is 8.26. The van der Waals surface area contributed by atoms with Gasteiger partial charge in [0.05, 0.1) is 0 Å². The van der Waals surface area contributed by atoms with Gasteiger partial charge in [0, 0.05) is 18.3 Å². The molecule has 0 radical (unpaired) electrons. The molecule has 2 N–H and O–H groups in total. The van der Waals surface area contributed by atoms with Crippen molar-refractivity contribution < 1.29 is 0 Å². The van der Waals surface area contributed by atoms with Crippen LogP contribution < -0.4 is 10.6 Å². The molecule has 1 aromatic rings. The molecule has 1 aromatic heterocycles. The molecule has 1 fully saturated rings. The fraction of sp³-hybridized carbons (Fsp3) is 0.636. The standard InChI is InChI=1S/C11H17BrN4S/c1-13-10-9(12)11(15-6-14-10)16-7-4-3-5-8(7)17-2/h6-8H,3-5H2,1-2H3,(H2,13,14,15,16). The molecule has 17 heavy (non-hydrogen) atoms. The Bertz CT molecular complexity index is 388. The first kappa shape index (κ1) is 13.0. The second-order valence-corrected chi connectivity index (χ2v) is 5.96. The van der Waals surface area contributed by atoms with Gasteiger partial charge in [0.25, 0.3) is 0 Å². The second-order valence-electron chi connectivity index (χ2n) is 4.09. The largest absolute Gasteiger partial charge is 0.372 e. The normalized spacial score (nSPS) is 23.7. The first-order valence-corrected chi connectivity index (χ1v) is 7.82. The van der Waals surface area contributed by atoms with Gasteiger partial charge < -0.3 is 10.6 Å². The number of aromatic nitrogens is 2. The van der Waals surface area contributed by atoms with Crippen LogP contribution in [-0.4, -0.2) is 34.6 Å². The van der Waals surface area contributed by atoms with Crippen molar-refractivity contribution in [2.24, 2.45) is 0 Å². The summed E-state index contributed by atoms with van der Waals surface area (Å²) in [6.45, 7) is 0. The number of thioether (sulfide) groups is 1. The summed E-state index contributed by atoms with van der Waals surface area (Å²) in [5.41, 5.74) is 0. The van der Waals surface area contributed by atoms with E-state index >= 15 is 0 Å². The van der Waals surface area contributed by atoms with Crippen LogP contribution in [-0.2, 0) is 0 Å². The van der Waals surface area contributed by atoms with Gasteiger partial charge in [-0.2, -0.15) is 11.8 Å². The third-order valence-corrected chi connectivity index (χ3v) is 5.02. The molecule has 2 atom stereocenters. The van der Waals surface area contributed by atoms with Crippen LogP contribution in [0.5, 0.6) is 0 Å². The van der Waals surface area contributed by atoms with Crippen molar-refractivity contribution in [2.45, 2.75) is 30.6 Å². The number of hydrogen-bond donors (Lipinski definition) is 2. The van der Waals surface area contributed by atoms with E-state index in [0.29, 0.717) is 11.3 Å². The highest BCUT2D eigenvalue weighted by atomic mass is 79.9. The van der Waals surface area contributed by atoms with E-state index in [1.54, 1.807) is 6.33 Å². The molecule has 1 heterocycles. The lowest BCUT2D eigenvalue weighted by molar-refractivity contribution is 0.761. The molecule has 0 bridgehead atoms. The number of rotatable bonds is 4. The highest BCUT2D eigenvalue weighted by molar-refractivity contribution is 9.10. The maximum absolute atomic E-state index is 4.30.